The molecule has 1 saturated heterocycles. The van der Waals surface area contributed by atoms with Gasteiger partial charge in [-0.2, -0.15) is 10.2 Å². The highest BCUT2D eigenvalue weighted by Crippen LogP contribution is 2.25. The molecular weight excluding hydrogens is 352 g/mol. The highest BCUT2D eigenvalue weighted by Gasteiger charge is 2.24. The molecule has 2 aromatic heterocycles. The number of anilines is 1. The van der Waals surface area contributed by atoms with Crippen molar-refractivity contribution < 1.29 is 0 Å². The van der Waals surface area contributed by atoms with Crippen molar-refractivity contribution in [2.75, 3.05) is 31.6 Å². The van der Waals surface area contributed by atoms with E-state index < -0.39 is 0 Å². The summed E-state index contributed by atoms with van der Waals surface area (Å²) in [6.07, 6.45) is 6.26. The Morgan fingerprint density at radius 2 is 1.86 bits per heavy atom. The third kappa shape index (κ3) is 3.43. The molecule has 7 heteroatoms. The maximum atomic E-state index is 12.4. The summed E-state index contributed by atoms with van der Waals surface area (Å²) in [7, 11) is 2.16. The highest BCUT2D eigenvalue weighted by atomic mass is 16.1. The van der Waals surface area contributed by atoms with Gasteiger partial charge in [-0.1, -0.05) is 0 Å². The Labute approximate surface area is 165 Å². The summed E-state index contributed by atoms with van der Waals surface area (Å²) in [6, 6.07) is 4.04. The Bertz CT molecular complexity index is 931. The first-order valence-corrected chi connectivity index (χ1v) is 10.5. The Balaban J connectivity index is 1.24. The predicted octanol–water partition coefficient (Wildman–Crippen LogP) is 1.43. The van der Waals surface area contributed by atoms with Crippen molar-refractivity contribution in [3.05, 3.63) is 45.0 Å². The molecule has 0 aromatic carbocycles. The van der Waals surface area contributed by atoms with Crippen molar-refractivity contribution >= 4 is 5.82 Å². The van der Waals surface area contributed by atoms with Crippen molar-refractivity contribution in [2.24, 2.45) is 5.92 Å². The van der Waals surface area contributed by atoms with Gasteiger partial charge in [0.15, 0.2) is 5.82 Å². The van der Waals surface area contributed by atoms with Gasteiger partial charge in [0.2, 0.25) is 0 Å². The summed E-state index contributed by atoms with van der Waals surface area (Å²) in [6.45, 7) is 4.69. The lowest BCUT2D eigenvalue weighted by Gasteiger charge is -2.33. The fraction of sp³-hybridized carbons (Fsp3) is 0.619. The lowest BCUT2D eigenvalue weighted by Crippen LogP contribution is -2.38. The second-order valence-electron chi connectivity index (χ2n) is 8.58. The number of rotatable bonds is 3. The molecule has 2 aromatic rings. The number of hydrogen-bond donors (Lipinski definition) is 0. The maximum Gasteiger partial charge on any atom is 0.267 e. The minimum absolute atomic E-state index is 0.0627. The highest BCUT2D eigenvalue weighted by molar-refractivity contribution is 5.42. The molecule has 28 heavy (non-hydrogen) atoms. The van der Waals surface area contributed by atoms with Gasteiger partial charge in [0.25, 0.3) is 5.56 Å². The quantitative estimate of drug-likeness (QED) is 0.802. The second-order valence-corrected chi connectivity index (χ2v) is 8.58. The van der Waals surface area contributed by atoms with Crippen molar-refractivity contribution in [3.8, 4) is 0 Å². The van der Waals surface area contributed by atoms with E-state index in [1.54, 1.807) is 4.68 Å². The van der Waals surface area contributed by atoms with Crippen molar-refractivity contribution in [2.45, 2.75) is 51.6 Å². The molecule has 0 spiro atoms. The van der Waals surface area contributed by atoms with Gasteiger partial charge in [-0.25, -0.2) is 4.68 Å². The van der Waals surface area contributed by atoms with Gasteiger partial charge in [-0.3, -0.25) is 4.79 Å². The first-order chi connectivity index (χ1) is 13.7. The maximum absolute atomic E-state index is 12.4. The van der Waals surface area contributed by atoms with Crippen LogP contribution in [0.5, 0.6) is 0 Å². The zero-order valence-corrected chi connectivity index (χ0v) is 16.6. The molecule has 3 aliphatic rings. The van der Waals surface area contributed by atoms with Crippen LogP contribution in [0.1, 0.15) is 41.8 Å². The summed E-state index contributed by atoms with van der Waals surface area (Å²) >= 11 is 0. The van der Waals surface area contributed by atoms with E-state index in [0.29, 0.717) is 5.92 Å². The molecule has 1 aliphatic carbocycles. The summed E-state index contributed by atoms with van der Waals surface area (Å²) in [5.41, 5.74) is 4.82. The lowest BCUT2D eigenvalue weighted by atomic mass is 9.96. The Morgan fingerprint density at radius 3 is 2.71 bits per heavy atom. The van der Waals surface area contributed by atoms with Gasteiger partial charge < -0.3 is 9.80 Å². The molecular formula is C21H28N6O. The van der Waals surface area contributed by atoms with Gasteiger partial charge >= 0.3 is 0 Å². The van der Waals surface area contributed by atoms with Crippen molar-refractivity contribution in [1.29, 1.82) is 0 Å². The van der Waals surface area contributed by atoms with E-state index in [0.717, 1.165) is 94.0 Å². The molecule has 1 fully saturated rings. The molecule has 5 rings (SSSR count). The number of aromatic nitrogens is 4. The van der Waals surface area contributed by atoms with Crippen LogP contribution in [0.3, 0.4) is 0 Å². The zero-order chi connectivity index (χ0) is 19.1. The first kappa shape index (κ1) is 17.8. The average molecular weight is 380 g/mol. The van der Waals surface area contributed by atoms with Crippen LogP contribution in [0.4, 0.5) is 5.82 Å². The van der Waals surface area contributed by atoms with Gasteiger partial charge in [0, 0.05) is 45.2 Å². The van der Waals surface area contributed by atoms with E-state index in [2.05, 4.69) is 38.2 Å². The van der Waals surface area contributed by atoms with Gasteiger partial charge in [0.05, 0.1) is 11.4 Å². The molecule has 0 bridgehead atoms. The molecule has 0 unspecified atom stereocenters. The fourth-order valence-corrected chi connectivity index (χ4v) is 4.77. The minimum Gasteiger partial charge on any atom is -0.355 e. The van der Waals surface area contributed by atoms with Gasteiger partial charge in [-0.15, -0.1) is 5.10 Å². The third-order valence-corrected chi connectivity index (χ3v) is 6.51. The minimum atomic E-state index is 0.0627. The van der Waals surface area contributed by atoms with E-state index in [1.807, 2.05) is 6.07 Å². The zero-order valence-electron chi connectivity index (χ0n) is 16.6. The smallest absolute Gasteiger partial charge is 0.267 e. The van der Waals surface area contributed by atoms with E-state index in [4.69, 9.17) is 0 Å². The molecule has 0 N–H and O–H groups in total. The first-order valence-electron chi connectivity index (χ1n) is 10.5. The predicted molar refractivity (Wildman–Crippen MR) is 108 cm³/mol. The van der Waals surface area contributed by atoms with Crippen LogP contribution in [0.2, 0.25) is 0 Å². The molecule has 0 saturated carbocycles. The lowest BCUT2D eigenvalue weighted by molar-refractivity contribution is 0.308. The van der Waals surface area contributed by atoms with E-state index in [9.17, 15) is 4.79 Å². The number of piperidine rings is 1. The molecule has 0 atom stereocenters. The number of hydrogen-bond acceptors (Lipinski definition) is 6. The molecule has 7 nitrogen and oxygen atoms in total. The molecule has 4 heterocycles. The van der Waals surface area contributed by atoms with Crippen LogP contribution in [0, 0.1) is 5.92 Å². The SMILES string of the molecule is CN1CCc2nnc(N3CCC(Cn4nc5c(cc4=O)CCC5)CC3)cc2C1. The standard InChI is InChI=1S/C21H28N6O/c1-25-8-7-18-17(14-25)11-20(23-22-18)26-9-5-15(6-10-26)13-27-21(28)12-16-3-2-4-19(16)24-27/h11-12,15H,2-10,13-14H2,1H3. The third-order valence-electron chi connectivity index (χ3n) is 6.51. The number of likely N-dealkylation sites (N-methyl/N-ethyl adjacent to an activating group) is 1. The molecule has 148 valence electrons. The summed E-state index contributed by atoms with van der Waals surface area (Å²) in [5, 5.41) is 13.6. The van der Waals surface area contributed by atoms with E-state index in [1.165, 1.54) is 5.56 Å². The average Bonchev–Trinajstić information content (AvgIpc) is 3.15. The van der Waals surface area contributed by atoms with Crippen LogP contribution in [-0.4, -0.2) is 51.6 Å². The van der Waals surface area contributed by atoms with Crippen LogP contribution >= 0.6 is 0 Å². The normalized spacial score (nSPS) is 20.2. The number of fused-ring (bicyclic) bond motifs is 2. The number of aryl methyl sites for hydroxylation is 2. The molecule has 0 radical (unpaired) electrons. The Hall–Kier alpha value is -2.28. The summed E-state index contributed by atoms with van der Waals surface area (Å²) in [5.74, 6) is 1.50. The fourth-order valence-electron chi connectivity index (χ4n) is 4.77. The second kappa shape index (κ2) is 7.28. The van der Waals surface area contributed by atoms with Crippen LogP contribution < -0.4 is 10.5 Å². The van der Waals surface area contributed by atoms with Crippen LogP contribution in [0.15, 0.2) is 16.9 Å². The molecule has 2 aliphatic heterocycles. The Kier molecular flexibility index (Phi) is 4.62. The largest absolute Gasteiger partial charge is 0.355 e. The summed E-state index contributed by atoms with van der Waals surface area (Å²) < 4.78 is 1.71. The number of nitrogens with zero attached hydrogens (tertiary/aromatic N) is 6. The van der Waals surface area contributed by atoms with Crippen LogP contribution in [0.25, 0.3) is 0 Å². The van der Waals surface area contributed by atoms with Crippen molar-refractivity contribution in [3.63, 3.8) is 0 Å². The topological polar surface area (TPSA) is 67.2 Å². The summed E-state index contributed by atoms with van der Waals surface area (Å²) in [4.78, 5) is 17.0. The molecule has 0 amide bonds. The Morgan fingerprint density at radius 1 is 1.00 bits per heavy atom. The van der Waals surface area contributed by atoms with E-state index in [-0.39, 0.29) is 5.56 Å². The van der Waals surface area contributed by atoms with Gasteiger partial charge in [0.1, 0.15) is 0 Å². The van der Waals surface area contributed by atoms with Gasteiger partial charge in [-0.05, 0) is 62.3 Å². The van der Waals surface area contributed by atoms with Crippen LogP contribution in [-0.2, 0) is 32.4 Å². The van der Waals surface area contributed by atoms with E-state index >= 15 is 0 Å². The van der Waals surface area contributed by atoms with Crippen molar-refractivity contribution in [1.82, 2.24) is 24.9 Å². The monoisotopic (exact) mass is 380 g/mol.